The van der Waals surface area contributed by atoms with E-state index in [0.29, 0.717) is 24.1 Å². The number of hydrogen-bond donors (Lipinski definition) is 1. The van der Waals surface area contributed by atoms with Crippen molar-refractivity contribution in [2.45, 2.75) is 26.4 Å². The molecule has 0 atom stereocenters. The highest BCUT2D eigenvalue weighted by Crippen LogP contribution is 2.25. The Kier molecular flexibility index (Phi) is 6.07. The Labute approximate surface area is 154 Å². The molecule has 0 saturated carbocycles. The lowest BCUT2D eigenvalue weighted by atomic mass is 10.1. The molecule has 1 N–H and O–H groups in total. The molecular formula is C20H26N4O2. The van der Waals surface area contributed by atoms with Crippen LogP contribution < -0.4 is 10.1 Å². The first-order valence-electron chi connectivity index (χ1n) is 9.12. The third-order valence-corrected chi connectivity index (χ3v) is 4.64. The molecule has 138 valence electrons. The number of carbonyl (C=O) groups is 1. The van der Waals surface area contributed by atoms with Gasteiger partial charge >= 0.3 is 6.03 Å². The second-order valence-electron chi connectivity index (χ2n) is 6.34. The molecule has 1 aromatic carbocycles. The SMILES string of the molecule is CCOc1ccccc1NC(=O)N1CC(N(CC)Cc2ccncc2)C1. The van der Waals surface area contributed by atoms with Crippen molar-refractivity contribution in [2.75, 3.05) is 31.6 Å². The van der Waals surface area contributed by atoms with Gasteiger partial charge in [-0.25, -0.2) is 4.79 Å². The van der Waals surface area contributed by atoms with Gasteiger partial charge in [0.2, 0.25) is 0 Å². The molecule has 0 aliphatic carbocycles. The minimum absolute atomic E-state index is 0.0756. The second kappa shape index (κ2) is 8.67. The largest absolute Gasteiger partial charge is 0.492 e. The lowest BCUT2D eigenvalue weighted by Gasteiger charge is -2.45. The number of para-hydroxylation sites is 2. The maximum absolute atomic E-state index is 12.5. The van der Waals surface area contributed by atoms with E-state index in [0.717, 1.165) is 26.2 Å². The van der Waals surface area contributed by atoms with Crippen LogP contribution in [0.4, 0.5) is 10.5 Å². The first-order valence-corrected chi connectivity index (χ1v) is 9.12. The second-order valence-corrected chi connectivity index (χ2v) is 6.34. The number of amides is 2. The minimum atomic E-state index is -0.0756. The highest BCUT2D eigenvalue weighted by molar-refractivity contribution is 5.91. The van der Waals surface area contributed by atoms with Gasteiger partial charge in [-0.05, 0) is 43.3 Å². The summed E-state index contributed by atoms with van der Waals surface area (Å²) in [5, 5.41) is 2.96. The van der Waals surface area contributed by atoms with Crippen molar-refractivity contribution in [1.82, 2.24) is 14.8 Å². The summed E-state index contributed by atoms with van der Waals surface area (Å²) in [5.74, 6) is 0.702. The van der Waals surface area contributed by atoms with Crippen LogP contribution in [0, 0.1) is 0 Å². The normalized spacial score (nSPS) is 14.2. The van der Waals surface area contributed by atoms with Crippen molar-refractivity contribution in [1.29, 1.82) is 0 Å². The molecule has 0 bridgehead atoms. The van der Waals surface area contributed by atoms with Crippen LogP contribution in [-0.2, 0) is 6.54 Å². The fourth-order valence-electron chi connectivity index (χ4n) is 3.12. The summed E-state index contributed by atoms with van der Waals surface area (Å²) < 4.78 is 5.57. The van der Waals surface area contributed by atoms with E-state index >= 15 is 0 Å². The van der Waals surface area contributed by atoms with E-state index in [9.17, 15) is 4.79 Å². The number of anilines is 1. The van der Waals surface area contributed by atoms with Crippen molar-refractivity contribution in [3.8, 4) is 5.75 Å². The number of nitrogens with one attached hydrogen (secondary N) is 1. The van der Waals surface area contributed by atoms with Crippen LogP contribution in [0.25, 0.3) is 0 Å². The van der Waals surface area contributed by atoms with E-state index in [4.69, 9.17) is 4.74 Å². The number of carbonyl (C=O) groups excluding carboxylic acids is 1. The summed E-state index contributed by atoms with van der Waals surface area (Å²) in [6.45, 7) is 7.97. The molecule has 1 aromatic heterocycles. The predicted octanol–water partition coefficient (Wildman–Crippen LogP) is 3.22. The summed E-state index contributed by atoms with van der Waals surface area (Å²) >= 11 is 0. The van der Waals surface area contributed by atoms with Gasteiger partial charge in [0.25, 0.3) is 0 Å². The summed E-state index contributed by atoms with van der Waals surface area (Å²) in [5.41, 5.74) is 1.96. The smallest absolute Gasteiger partial charge is 0.322 e. The van der Waals surface area contributed by atoms with Gasteiger partial charge in [0.1, 0.15) is 5.75 Å². The standard InChI is InChI=1S/C20H26N4O2/c1-3-23(13-16-9-11-21-12-10-16)17-14-24(15-17)20(25)22-18-7-5-6-8-19(18)26-4-2/h5-12,17H,3-4,13-15H2,1-2H3,(H,22,25). The Morgan fingerprint density at radius 2 is 1.96 bits per heavy atom. The molecule has 1 saturated heterocycles. The topological polar surface area (TPSA) is 57.7 Å². The number of ether oxygens (including phenoxy) is 1. The van der Waals surface area contributed by atoms with Crippen molar-refractivity contribution in [2.24, 2.45) is 0 Å². The molecular weight excluding hydrogens is 328 g/mol. The van der Waals surface area contributed by atoms with Crippen molar-refractivity contribution in [3.05, 3.63) is 54.4 Å². The van der Waals surface area contributed by atoms with Crippen LogP contribution in [-0.4, -0.2) is 53.1 Å². The highest BCUT2D eigenvalue weighted by atomic mass is 16.5. The number of likely N-dealkylation sites (tertiary alicyclic amines) is 1. The number of urea groups is 1. The Hall–Kier alpha value is -2.60. The maximum atomic E-state index is 12.5. The molecule has 1 fully saturated rings. The van der Waals surface area contributed by atoms with Gasteiger partial charge in [0, 0.05) is 38.1 Å². The van der Waals surface area contributed by atoms with Crippen LogP contribution in [0.3, 0.4) is 0 Å². The van der Waals surface area contributed by atoms with Crippen LogP contribution in [0.2, 0.25) is 0 Å². The predicted molar refractivity (Wildman–Crippen MR) is 102 cm³/mol. The molecule has 0 spiro atoms. The molecule has 2 heterocycles. The van der Waals surface area contributed by atoms with E-state index in [1.54, 1.807) is 0 Å². The zero-order valence-corrected chi connectivity index (χ0v) is 15.4. The third kappa shape index (κ3) is 4.32. The van der Waals surface area contributed by atoms with Crippen molar-refractivity contribution in [3.63, 3.8) is 0 Å². The summed E-state index contributed by atoms with van der Waals surface area (Å²) in [6, 6.07) is 11.9. The summed E-state index contributed by atoms with van der Waals surface area (Å²) in [7, 11) is 0. The zero-order valence-electron chi connectivity index (χ0n) is 15.4. The summed E-state index contributed by atoms with van der Waals surface area (Å²) in [4.78, 5) is 20.8. The van der Waals surface area contributed by atoms with E-state index in [2.05, 4.69) is 22.1 Å². The fraction of sp³-hybridized carbons (Fsp3) is 0.400. The van der Waals surface area contributed by atoms with Crippen LogP contribution in [0.15, 0.2) is 48.8 Å². The molecule has 6 nitrogen and oxygen atoms in total. The first-order chi connectivity index (χ1) is 12.7. The highest BCUT2D eigenvalue weighted by Gasteiger charge is 2.34. The van der Waals surface area contributed by atoms with Gasteiger partial charge in [-0.15, -0.1) is 0 Å². The number of aromatic nitrogens is 1. The molecule has 6 heteroatoms. The number of pyridine rings is 1. The van der Waals surface area contributed by atoms with E-state index in [-0.39, 0.29) is 6.03 Å². The van der Waals surface area contributed by atoms with E-state index in [1.807, 2.05) is 60.6 Å². The molecule has 2 aromatic rings. The van der Waals surface area contributed by atoms with E-state index in [1.165, 1.54) is 5.56 Å². The van der Waals surface area contributed by atoms with E-state index < -0.39 is 0 Å². The van der Waals surface area contributed by atoms with Crippen molar-refractivity contribution >= 4 is 11.7 Å². The lowest BCUT2D eigenvalue weighted by Crippen LogP contribution is -2.61. The lowest BCUT2D eigenvalue weighted by molar-refractivity contribution is 0.0599. The van der Waals surface area contributed by atoms with Gasteiger partial charge in [-0.2, -0.15) is 0 Å². The summed E-state index contributed by atoms with van der Waals surface area (Å²) in [6.07, 6.45) is 3.64. The quantitative estimate of drug-likeness (QED) is 0.829. The number of benzene rings is 1. The Balaban J connectivity index is 1.53. The molecule has 2 amide bonds. The fourth-order valence-corrected chi connectivity index (χ4v) is 3.12. The van der Waals surface area contributed by atoms with Gasteiger partial charge in [-0.3, -0.25) is 9.88 Å². The van der Waals surface area contributed by atoms with Crippen LogP contribution >= 0.6 is 0 Å². The Morgan fingerprint density at radius 1 is 1.23 bits per heavy atom. The zero-order chi connectivity index (χ0) is 18.4. The van der Waals surface area contributed by atoms with Gasteiger partial charge in [0.05, 0.1) is 12.3 Å². The molecule has 26 heavy (non-hydrogen) atoms. The molecule has 0 unspecified atom stereocenters. The number of hydrogen-bond acceptors (Lipinski definition) is 4. The average molecular weight is 354 g/mol. The Bertz CT molecular complexity index is 717. The van der Waals surface area contributed by atoms with Gasteiger partial charge in [-0.1, -0.05) is 19.1 Å². The average Bonchev–Trinajstić information content (AvgIpc) is 2.62. The molecule has 1 aliphatic rings. The van der Waals surface area contributed by atoms with Crippen LogP contribution in [0.5, 0.6) is 5.75 Å². The van der Waals surface area contributed by atoms with Crippen LogP contribution in [0.1, 0.15) is 19.4 Å². The third-order valence-electron chi connectivity index (χ3n) is 4.64. The maximum Gasteiger partial charge on any atom is 0.322 e. The minimum Gasteiger partial charge on any atom is -0.492 e. The van der Waals surface area contributed by atoms with Crippen molar-refractivity contribution < 1.29 is 9.53 Å². The number of rotatable bonds is 7. The number of nitrogens with zero attached hydrogens (tertiary/aromatic N) is 3. The van der Waals surface area contributed by atoms with Gasteiger partial charge in [0.15, 0.2) is 0 Å². The molecule has 3 rings (SSSR count). The molecule has 1 aliphatic heterocycles. The Morgan fingerprint density at radius 3 is 2.65 bits per heavy atom. The first kappa shape index (κ1) is 18.2. The monoisotopic (exact) mass is 354 g/mol. The van der Waals surface area contributed by atoms with Gasteiger partial charge < -0.3 is 15.0 Å². The number of likely N-dealkylation sites (N-methyl/N-ethyl adjacent to an activating group) is 1. The molecule has 0 radical (unpaired) electrons.